The van der Waals surface area contributed by atoms with Crippen molar-refractivity contribution in [3.05, 3.63) is 64.2 Å². The normalized spacial score (nSPS) is 12.2. The largest absolute Gasteiger partial charge is 0.494 e. The molecule has 4 heteroatoms. The van der Waals surface area contributed by atoms with Gasteiger partial charge in [-0.05, 0) is 48.7 Å². The molecule has 0 aliphatic carbocycles. The Kier molecular flexibility index (Phi) is 5.01. The second-order valence-electron chi connectivity index (χ2n) is 4.61. The topological polar surface area (TPSA) is 47.3 Å². The van der Waals surface area contributed by atoms with Crippen LogP contribution < -0.4 is 16.0 Å². The summed E-state index contributed by atoms with van der Waals surface area (Å²) in [7, 11) is 0. The monoisotopic (exact) mass is 290 g/mol. The molecule has 20 heavy (non-hydrogen) atoms. The van der Waals surface area contributed by atoms with Crippen molar-refractivity contribution in [1.29, 1.82) is 0 Å². The van der Waals surface area contributed by atoms with Gasteiger partial charge in [-0.3, -0.25) is 5.84 Å². The van der Waals surface area contributed by atoms with Crippen LogP contribution in [0.4, 0.5) is 0 Å². The van der Waals surface area contributed by atoms with Crippen molar-refractivity contribution in [2.45, 2.75) is 19.9 Å². The lowest BCUT2D eigenvalue weighted by Crippen LogP contribution is -2.28. The second-order valence-corrected chi connectivity index (χ2v) is 5.02. The Morgan fingerprint density at radius 3 is 2.35 bits per heavy atom. The molecule has 0 amide bonds. The molecule has 0 heterocycles. The number of rotatable bonds is 5. The van der Waals surface area contributed by atoms with Crippen molar-refractivity contribution < 1.29 is 4.74 Å². The summed E-state index contributed by atoms with van der Waals surface area (Å²) in [5, 5.41) is 0.760. The summed E-state index contributed by atoms with van der Waals surface area (Å²) >= 11 is 6.06. The molecule has 1 unspecified atom stereocenters. The highest BCUT2D eigenvalue weighted by atomic mass is 35.5. The molecule has 3 nitrogen and oxygen atoms in total. The van der Waals surface area contributed by atoms with E-state index in [2.05, 4.69) is 5.43 Å². The van der Waals surface area contributed by atoms with Crippen molar-refractivity contribution in [2.24, 2.45) is 5.84 Å². The van der Waals surface area contributed by atoms with Crippen LogP contribution >= 0.6 is 11.6 Å². The van der Waals surface area contributed by atoms with Crippen molar-refractivity contribution in [2.75, 3.05) is 6.61 Å². The van der Waals surface area contributed by atoms with E-state index in [-0.39, 0.29) is 6.04 Å². The van der Waals surface area contributed by atoms with E-state index in [0.29, 0.717) is 6.61 Å². The molecular weight excluding hydrogens is 272 g/mol. The Morgan fingerprint density at radius 1 is 1.15 bits per heavy atom. The molecule has 0 aromatic heterocycles. The van der Waals surface area contributed by atoms with Crippen molar-refractivity contribution in [3.8, 4) is 5.75 Å². The van der Waals surface area contributed by atoms with Gasteiger partial charge in [0.2, 0.25) is 0 Å². The zero-order chi connectivity index (χ0) is 14.5. The maximum atomic E-state index is 6.06. The van der Waals surface area contributed by atoms with Gasteiger partial charge in [-0.2, -0.15) is 0 Å². The van der Waals surface area contributed by atoms with E-state index >= 15 is 0 Å². The standard InChI is InChI=1S/C16H19ClN2O/c1-3-20-14-7-4-12(5-8-14)16(19-18)13-6-9-15(17)11(2)10-13/h4-10,16,19H,3,18H2,1-2H3. The van der Waals surface area contributed by atoms with Gasteiger partial charge in [0.25, 0.3) is 0 Å². The number of hydrogen-bond donors (Lipinski definition) is 2. The predicted octanol–water partition coefficient (Wildman–Crippen LogP) is 3.60. The molecule has 0 aliphatic rings. The minimum absolute atomic E-state index is 0.0679. The number of nitrogens with two attached hydrogens (primary N) is 1. The van der Waals surface area contributed by atoms with Gasteiger partial charge in [-0.1, -0.05) is 35.9 Å². The molecule has 0 spiro atoms. The summed E-state index contributed by atoms with van der Waals surface area (Å²) < 4.78 is 5.45. The minimum Gasteiger partial charge on any atom is -0.494 e. The first kappa shape index (κ1) is 14.9. The van der Waals surface area contributed by atoms with E-state index in [9.17, 15) is 0 Å². The molecule has 0 radical (unpaired) electrons. The molecule has 2 aromatic carbocycles. The first-order chi connectivity index (χ1) is 9.65. The zero-order valence-corrected chi connectivity index (χ0v) is 12.4. The van der Waals surface area contributed by atoms with E-state index in [4.69, 9.17) is 22.2 Å². The van der Waals surface area contributed by atoms with Crippen LogP contribution in [0.2, 0.25) is 5.02 Å². The Bertz CT molecular complexity index is 569. The molecule has 3 N–H and O–H groups in total. The first-order valence-electron chi connectivity index (χ1n) is 6.60. The van der Waals surface area contributed by atoms with Crippen molar-refractivity contribution in [1.82, 2.24) is 5.43 Å². The third-order valence-corrected chi connectivity index (χ3v) is 3.63. The van der Waals surface area contributed by atoms with E-state index in [0.717, 1.165) is 27.5 Å². The maximum absolute atomic E-state index is 6.06. The van der Waals surface area contributed by atoms with E-state index in [1.165, 1.54) is 0 Å². The second kappa shape index (κ2) is 6.75. The maximum Gasteiger partial charge on any atom is 0.119 e. The lowest BCUT2D eigenvalue weighted by Gasteiger charge is -2.18. The number of halogens is 1. The highest BCUT2D eigenvalue weighted by molar-refractivity contribution is 6.31. The lowest BCUT2D eigenvalue weighted by atomic mass is 9.98. The van der Waals surface area contributed by atoms with Gasteiger partial charge in [-0.15, -0.1) is 0 Å². The van der Waals surface area contributed by atoms with E-state index in [1.54, 1.807) is 0 Å². The molecule has 0 bridgehead atoms. The predicted molar refractivity (Wildman–Crippen MR) is 83.0 cm³/mol. The Morgan fingerprint density at radius 2 is 1.80 bits per heavy atom. The highest BCUT2D eigenvalue weighted by Gasteiger charge is 2.13. The van der Waals surface area contributed by atoms with Gasteiger partial charge in [0.1, 0.15) is 5.75 Å². The summed E-state index contributed by atoms with van der Waals surface area (Å²) in [5.74, 6) is 6.57. The van der Waals surface area contributed by atoms with Crippen LogP contribution in [0.5, 0.6) is 5.75 Å². The van der Waals surface area contributed by atoms with Gasteiger partial charge in [0, 0.05) is 5.02 Å². The van der Waals surface area contributed by atoms with Crippen LogP contribution in [-0.4, -0.2) is 6.61 Å². The number of aryl methyl sites for hydroxylation is 1. The third kappa shape index (κ3) is 3.31. The van der Waals surface area contributed by atoms with Crippen LogP contribution in [0.15, 0.2) is 42.5 Å². The number of benzene rings is 2. The molecule has 106 valence electrons. The molecule has 0 saturated heterocycles. The van der Waals surface area contributed by atoms with Crippen LogP contribution in [0.3, 0.4) is 0 Å². The smallest absolute Gasteiger partial charge is 0.119 e. The Hall–Kier alpha value is -1.55. The van der Waals surface area contributed by atoms with Gasteiger partial charge >= 0.3 is 0 Å². The summed E-state index contributed by atoms with van der Waals surface area (Å²) in [6, 6.07) is 13.8. The summed E-state index contributed by atoms with van der Waals surface area (Å²) in [5.41, 5.74) is 6.05. The summed E-state index contributed by atoms with van der Waals surface area (Å²) in [6.45, 7) is 4.61. The average molecular weight is 291 g/mol. The number of hydrazine groups is 1. The van der Waals surface area contributed by atoms with Crippen LogP contribution in [0.25, 0.3) is 0 Å². The fourth-order valence-electron chi connectivity index (χ4n) is 2.16. The molecule has 0 aliphatic heterocycles. The zero-order valence-electron chi connectivity index (χ0n) is 11.7. The van der Waals surface area contributed by atoms with Gasteiger partial charge in [0.05, 0.1) is 12.6 Å². The minimum atomic E-state index is -0.0679. The quantitative estimate of drug-likeness (QED) is 0.653. The third-order valence-electron chi connectivity index (χ3n) is 3.21. The molecular formula is C16H19ClN2O. The fraction of sp³-hybridized carbons (Fsp3) is 0.250. The Balaban J connectivity index is 2.29. The summed E-state index contributed by atoms with van der Waals surface area (Å²) in [4.78, 5) is 0. The van der Waals surface area contributed by atoms with E-state index < -0.39 is 0 Å². The number of ether oxygens (including phenoxy) is 1. The first-order valence-corrected chi connectivity index (χ1v) is 6.98. The van der Waals surface area contributed by atoms with Crippen molar-refractivity contribution >= 4 is 11.6 Å². The van der Waals surface area contributed by atoms with Gasteiger partial charge in [-0.25, -0.2) is 5.43 Å². The average Bonchev–Trinajstić information content (AvgIpc) is 2.46. The molecule has 2 aromatic rings. The fourth-order valence-corrected chi connectivity index (χ4v) is 2.27. The molecule has 0 fully saturated rings. The van der Waals surface area contributed by atoms with Gasteiger partial charge < -0.3 is 4.74 Å². The number of hydrogen-bond acceptors (Lipinski definition) is 3. The highest BCUT2D eigenvalue weighted by Crippen LogP contribution is 2.26. The van der Waals surface area contributed by atoms with Crippen LogP contribution in [0.1, 0.15) is 29.7 Å². The molecule has 0 saturated carbocycles. The molecule has 1 atom stereocenters. The van der Waals surface area contributed by atoms with Crippen LogP contribution in [0, 0.1) is 6.92 Å². The van der Waals surface area contributed by atoms with Crippen molar-refractivity contribution in [3.63, 3.8) is 0 Å². The van der Waals surface area contributed by atoms with E-state index in [1.807, 2.05) is 56.3 Å². The number of nitrogens with one attached hydrogen (secondary N) is 1. The Labute approximate surface area is 124 Å². The summed E-state index contributed by atoms with van der Waals surface area (Å²) in [6.07, 6.45) is 0. The van der Waals surface area contributed by atoms with Crippen LogP contribution in [-0.2, 0) is 0 Å². The van der Waals surface area contributed by atoms with Gasteiger partial charge in [0.15, 0.2) is 0 Å². The molecule has 2 rings (SSSR count). The lowest BCUT2D eigenvalue weighted by molar-refractivity contribution is 0.340. The SMILES string of the molecule is CCOc1ccc(C(NN)c2ccc(Cl)c(C)c2)cc1.